The third-order valence-corrected chi connectivity index (χ3v) is 5.62. The number of anilines is 1. The molecule has 3 aromatic carbocycles. The molecule has 0 atom stereocenters. The largest absolute Gasteiger partial charge is 0.325 e. The summed E-state index contributed by atoms with van der Waals surface area (Å²) in [5.41, 5.74) is 2.60. The molecule has 0 aliphatic carbocycles. The summed E-state index contributed by atoms with van der Waals surface area (Å²) in [6.07, 6.45) is 0. The van der Waals surface area contributed by atoms with Crippen molar-refractivity contribution in [2.45, 2.75) is 11.9 Å². The Hall–Kier alpha value is -3.78. The number of fused-ring (bicyclic) bond motifs is 1. The average Bonchev–Trinajstić information content (AvgIpc) is 2.79. The molecule has 0 saturated carbocycles. The summed E-state index contributed by atoms with van der Waals surface area (Å²) in [6, 6.07) is 22.0. The standard InChI is InChI=1S/C23H18N4O3S/c1-15-11-12-17(13-20(15)27(29)30)24-21(28)14-31-23-18-9-5-6-10-19(18)25-22(26-23)16-7-3-2-4-8-16/h2-13H,14H2,1H3,(H,24,28). The highest BCUT2D eigenvalue weighted by Gasteiger charge is 2.14. The van der Waals surface area contributed by atoms with E-state index in [4.69, 9.17) is 0 Å². The van der Waals surface area contributed by atoms with Crippen LogP contribution in [0, 0.1) is 17.0 Å². The van der Waals surface area contributed by atoms with Crippen molar-refractivity contribution < 1.29 is 9.72 Å². The summed E-state index contributed by atoms with van der Waals surface area (Å²) in [4.78, 5) is 32.5. The number of nitro groups is 1. The van der Waals surface area contributed by atoms with Gasteiger partial charge in [-0.15, -0.1) is 0 Å². The van der Waals surface area contributed by atoms with Crippen molar-refractivity contribution in [1.29, 1.82) is 0 Å². The van der Waals surface area contributed by atoms with E-state index in [1.165, 1.54) is 17.8 Å². The van der Waals surface area contributed by atoms with E-state index in [1.807, 2.05) is 54.6 Å². The van der Waals surface area contributed by atoms with Gasteiger partial charge in [0.25, 0.3) is 5.69 Å². The number of nitrogens with zero attached hydrogens (tertiary/aromatic N) is 3. The lowest BCUT2D eigenvalue weighted by Crippen LogP contribution is -2.14. The second kappa shape index (κ2) is 8.93. The van der Waals surface area contributed by atoms with Gasteiger partial charge in [-0.05, 0) is 19.1 Å². The van der Waals surface area contributed by atoms with Crippen LogP contribution in [0.4, 0.5) is 11.4 Å². The van der Waals surface area contributed by atoms with Crippen LogP contribution in [-0.4, -0.2) is 26.6 Å². The Balaban J connectivity index is 1.55. The van der Waals surface area contributed by atoms with Crippen molar-refractivity contribution in [3.63, 3.8) is 0 Å². The second-order valence-electron chi connectivity index (χ2n) is 6.83. The zero-order chi connectivity index (χ0) is 21.8. The number of para-hydroxylation sites is 1. The minimum Gasteiger partial charge on any atom is -0.325 e. The number of nitrogens with one attached hydrogen (secondary N) is 1. The molecule has 0 spiro atoms. The van der Waals surface area contributed by atoms with Gasteiger partial charge in [0.05, 0.1) is 16.2 Å². The van der Waals surface area contributed by atoms with Gasteiger partial charge >= 0.3 is 0 Å². The van der Waals surface area contributed by atoms with Gasteiger partial charge in [-0.25, -0.2) is 9.97 Å². The van der Waals surface area contributed by atoms with Crippen LogP contribution in [0.15, 0.2) is 77.8 Å². The topological polar surface area (TPSA) is 98.0 Å². The first-order chi connectivity index (χ1) is 15.0. The van der Waals surface area contributed by atoms with Crippen LogP contribution in [0.25, 0.3) is 22.3 Å². The minimum atomic E-state index is -0.460. The Kier molecular flexibility index (Phi) is 5.90. The highest BCUT2D eigenvalue weighted by molar-refractivity contribution is 8.00. The SMILES string of the molecule is Cc1ccc(NC(=O)CSc2nc(-c3ccccc3)nc3ccccc23)cc1[N+](=O)[O-]. The summed E-state index contributed by atoms with van der Waals surface area (Å²) < 4.78 is 0. The molecule has 0 fully saturated rings. The first-order valence-electron chi connectivity index (χ1n) is 9.51. The van der Waals surface area contributed by atoms with Gasteiger partial charge < -0.3 is 5.32 Å². The molecule has 31 heavy (non-hydrogen) atoms. The molecule has 0 radical (unpaired) electrons. The Morgan fingerprint density at radius 3 is 2.55 bits per heavy atom. The molecule has 0 aliphatic rings. The van der Waals surface area contributed by atoms with Gasteiger partial charge in [0, 0.05) is 28.3 Å². The normalized spacial score (nSPS) is 10.7. The third-order valence-electron chi connectivity index (χ3n) is 4.63. The summed E-state index contributed by atoms with van der Waals surface area (Å²) in [5.74, 6) is 0.431. The van der Waals surface area contributed by atoms with Crippen LogP contribution in [0.3, 0.4) is 0 Å². The van der Waals surface area contributed by atoms with E-state index in [0.717, 1.165) is 16.5 Å². The minimum absolute atomic E-state index is 0.0280. The lowest BCUT2D eigenvalue weighted by Gasteiger charge is -2.09. The summed E-state index contributed by atoms with van der Waals surface area (Å²) in [7, 11) is 0. The fraction of sp³-hybridized carbons (Fsp3) is 0.0870. The molecular weight excluding hydrogens is 412 g/mol. The summed E-state index contributed by atoms with van der Waals surface area (Å²) in [6.45, 7) is 1.66. The first kappa shape index (κ1) is 20.5. The van der Waals surface area contributed by atoms with Crippen LogP contribution in [-0.2, 0) is 4.79 Å². The maximum atomic E-state index is 12.5. The van der Waals surface area contributed by atoms with Crippen LogP contribution < -0.4 is 5.32 Å². The van der Waals surface area contributed by atoms with Crippen LogP contribution in [0.2, 0.25) is 0 Å². The number of hydrogen-bond acceptors (Lipinski definition) is 6. The number of benzene rings is 3. The number of nitro benzene ring substituents is 1. The zero-order valence-electron chi connectivity index (χ0n) is 16.6. The third kappa shape index (κ3) is 4.70. The van der Waals surface area contributed by atoms with Gasteiger partial charge in [0.2, 0.25) is 5.91 Å². The lowest BCUT2D eigenvalue weighted by atomic mass is 10.2. The smallest absolute Gasteiger partial charge is 0.274 e. The molecular formula is C23H18N4O3S. The predicted octanol–water partition coefficient (Wildman–Crippen LogP) is 5.24. The maximum absolute atomic E-state index is 12.5. The molecule has 154 valence electrons. The Morgan fingerprint density at radius 1 is 1.03 bits per heavy atom. The van der Waals surface area contributed by atoms with Crippen molar-refractivity contribution in [2.24, 2.45) is 0 Å². The zero-order valence-corrected chi connectivity index (χ0v) is 17.4. The molecule has 1 N–H and O–H groups in total. The summed E-state index contributed by atoms with van der Waals surface area (Å²) >= 11 is 1.30. The van der Waals surface area contributed by atoms with Crippen LogP contribution in [0.1, 0.15) is 5.56 Å². The Bertz CT molecular complexity index is 1280. The highest BCUT2D eigenvalue weighted by atomic mass is 32.2. The quantitative estimate of drug-likeness (QED) is 0.194. The predicted molar refractivity (Wildman–Crippen MR) is 122 cm³/mol. The molecule has 0 saturated heterocycles. The molecule has 0 unspecified atom stereocenters. The van der Waals surface area contributed by atoms with Crippen LogP contribution >= 0.6 is 11.8 Å². The number of thioether (sulfide) groups is 1. The maximum Gasteiger partial charge on any atom is 0.274 e. The highest BCUT2D eigenvalue weighted by Crippen LogP contribution is 2.29. The van der Waals surface area contributed by atoms with E-state index < -0.39 is 4.92 Å². The number of amides is 1. The molecule has 1 heterocycles. The molecule has 4 rings (SSSR count). The fourth-order valence-electron chi connectivity index (χ4n) is 3.09. The van der Waals surface area contributed by atoms with E-state index in [2.05, 4.69) is 15.3 Å². The average molecular weight is 430 g/mol. The fourth-order valence-corrected chi connectivity index (χ4v) is 3.91. The number of aryl methyl sites for hydroxylation is 1. The molecule has 1 amide bonds. The number of carbonyl (C=O) groups is 1. The Labute approximate surface area is 182 Å². The van der Waals surface area contributed by atoms with Crippen molar-refractivity contribution in [3.8, 4) is 11.4 Å². The van der Waals surface area contributed by atoms with Crippen molar-refractivity contribution >= 4 is 39.9 Å². The van der Waals surface area contributed by atoms with E-state index in [9.17, 15) is 14.9 Å². The molecule has 1 aromatic heterocycles. The van der Waals surface area contributed by atoms with E-state index in [0.29, 0.717) is 22.1 Å². The summed E-state index contributed by atoms with van der Waals surface area (Å²) in [5, 5.41) is 15.4. The number of rotatable bonds is 6. The van der Waals surface area contributed by atoms with Crippen molar-refractivity contribution in [2.75, 3.05) is 11.1 Å². The van der Waals surface area contributed by atoms with Gasteiger partial charge in [-0.3, -0.25) is 14.9 Å². The van der Waals surface area contributed by atoms with Gasteiger partial charge in [-0.2, -0.15) is 0 Å². The molecule has 4 aromatic rings. The van der Waals surface area contributed by atoms with Gasteiger partial charge in [0.1, 0.15) is 5.03 Å². The van der Waals surface area contributed by atoms with E-state index in [1.54, 1.807) is 19.1 Å². The van der Waals surface area contributed by atoms with Crippen LogP contribution in [0.5, 0.6) is 0 Å². The van der Waals surface area contributed by atoms with E-state index >= 15 is 0 Å². The molecule has 8 heteroatoms. The van der Waals surface area contributed by atoms with Crippen molar-refractivity contribution in [3.05, 3.63) is 88.5 Å². The monoisotopic (exact) mass is 430 g/mol. The first-order valence-corrected chi connectivity index (χ1v) is 10.5. The molecule has 0 bridgehead atoms. The number of carbonyl (C=O) groups excluding carboxylic acids is 1. The van der Waals surface area contributed by atoms with Gasteiger partial charge in [0.15, 0.2) is 5.82 Å². The van der Waals surface area contributed by atoms with E-state index in [-0.39, 0.29) is 17.3 Å². The molecule has 0 aliphatic heterocycles. The number of hydrogen-bond donors (Lipinski definition) is 1. The lowest BCUT2D eigenvalue weighted by molar-refractivity contribution is -0.385. The number of aromatic nitrogens is 2. The molecule has 7 nitrogen and oxygen atoms in total. The van der Waals surface area contributed by atoms with Gasteiger partial charge in [-0.1, -0.05) is 66.4 Å². The second-order valence-corrected chi connectivity index (χ2v) is 7.79. The Morgan fingerprint density at radius 2 is 1.77 bits per heavy atom. The van der Waals surface area contributed by atoms with Crippen molar-refractivity contribution in [1.82, 2.24) is 9.97 Å².